The van der Waals surface area contributed by atoms with E-state index >= 15 is 0 Å². The number of nitriles is 1. The number of nitro benzene ring substituents is 1. The SMILES string of the molecule is CSC(=NC#N)SCc1ccc([N+](=O)[O-])cc1. The molecule has 7 heteroatoms. The molecule has 0 aromatic heterocycles. The van der Waals surface area contributed by atoms with Gasteiger partial charge in [-0.25, -0.2) is 0 Å². The molecule has 0 spiro atoms. The minimum Gasteiger partial charge on any atom is -0.258 e. The number of hydrogen-bond donors (Lipinski definition) is 0. The van der Waals surface area contributed by atoms with Crippen molar-refractivity contribution in [3.8, 4) is 6.19 Å². The molecule has 0 heterocycles. The van der Waals surface area contributed by atoms with E-state index in [-0.39, 0.29) is 5.69 Å². The highest BCUT2D eigenvalue weighted by Crippen LogP contribution is 2.21. The van der Waals surface area contributed by atoms with E-state index in [1.54, 1.807) is 18.3 Å². The Morgan fingerprint density at radius 1 is 1.53 bits per heavy atom. The van der Waals surface area contributed by atoms with Crippen LogP contribution >= 0.6 is 23.5 Å². The van der Waals surface area contributed by atoms with E-state index in [1.165, 1.54) is 35.7 Å². The van der Waals surface area contributed by atoms with Gasteiger partial charge in [-0.3, -0.25) is 10.1 Å². The van der Waals surface area contributed by atoms with E-state index in [4.69, 9.17) is 5.26 Å². The van der Waals surface area contributed by atoms with Gasteiger partial charge >= 0.3 is 0 Å². The average molecular weight is 267 g/mol. The zero-order chi connectivity index (χ0) is 12.7. The lowest BCUT2D eigenvalue weighted by molar-refractivity contribution is -0.384. The van der Waals surface area contributed by atoms with Gasteiger partial charge in [0.15, 0.2) is 0 Å². The molecule has 0 fully saturated rings. The van der Waals surface area contributed by atoms with Gasteiger partial charge in [0.25, 0.3) is 5.69 Å². The molecule has 5 nitrogen and oxygen atoms in total. The highest BCUT2D eigenvalue weighted by molar-refractivity contribution is 8.38. The zero-order valence-corrected chi connectivity index (χ0v) is 10.6. The molecule has 0 aliphatic heterocycles. The van der Waals surface area contributed by atoms with Crippen LogP contribution in [-0.4, -0.2) is 15.6 Å². The van der Waals surface area contributed by atoms with Gasteiger partial charge in [0.1, 0.15) is 4.38 Å². The number of hydrogen-bond acceptors (Lipinski definition) is 6. The fraction of sp³-hybridized carbons (Fsp3) is 0.200. The Bertz CT molecular complexity index is 465. The van der Waals surface area contributed by atoms with Crippen molar-refractivity contribution in [2.24, 2.45) is 4.99 Å². The summed E-state index contributed by atoms with van der Waals surface area (Å²) in [6.45, 7) is 0. The first kappa shape index (κ1) is 13.5. The Morgan fingerprint density at radius 3 is 2.65 bits per heavy atom. The predicted molar refractivity (Wildman–Crippen MR) is 71.0 cm³/mol. The van der Waals surface area contributed by atoms with Gasteiger partial charge < -0.3 is 0 Å². The van der Waals surface area contributed by atoms with Crippen LogP contribution in [0, 0.1) is 21.6 Å². The molecule has 1 aromatic carbocycles. The van der Waals surface area contributed by atoms with Crippen molar-refractivity contribution in [1.82, 2.24) is 0 Å². The normalized spacial score (nSPS) is 10.9. The van der Waals surface area contributed by atoms with Crippen LogP contribution in [0.1, 0.15) is 5.56 Å². The van der Waals surface area contributed by atoms with Gasteiger partial charge in [-0.1, -0.05) is 23.9 Å². The van der Waals surface area contributed by atoms with E-state index in [0.717, 1.165) is 5.56 Å². The molecule has 0 radical (unpaired) electrons. The van der Waals surface area contributed by atoms with E-state index in [9.17, 15) is 10.1 Å². The lowest BCUT2D eigenvalue weighted by Crippen LogP contribution is -1.90. The van der Waals surface area contributed by atoms with Crippen molar-refractivity contribution in [3.05, 3.63) is 39.9 Å². The third-order valence-electron chi connectivity index (χ3n) is 1.83. The second-order valence-electron chi connectivity index (χ2n) is 2.89. The first-order chi connectivity index (χ1) is 8.17. The minimum atomic E-state index is -0.429. The number of thioether (sulfide) groups is 2. The molecular weight excluding hydrogens is 258 g/mol. The van der Waals surface area contributed by atoms with Gasteiger partial charge in [-0.05, 0) is 11.8 Å². The van der Waals surface area contributed by atoms with E-state index in [2.05, 4.69) is 4.99 Å². The molecule has 0 saturated carbocycles. The fourth-order valence-corrected chi connectivity index (χ4v) is 2.40. The van der Waals surface area contributed by atoms with E-state index in [0.29, 0.717) is 10.1 Å². The summed E-state index contributed by atoms with van der Waals surface area (Å²) < 4.78 is 0.686. The molecule has 1 aromatic rings. The van der Waals surface area contributed by atoms with Gasteiger partial charge in [0.05, 0.1) is 4.92 Å². The standard InChI is InChI=1S/C10H9N3O2S2/c1-16-10(12-7-11)17-6-8-2-4-9(5-3-8)13(14)15/h2-5H,6H2,1H3. The van der Waals surface area contributed by atoms with E-state index in [1.807, 2.05) is 6.26 Å². The average Bonchev–Trinajstić information content (AvgIpc) is 2.35. The first-order valence-electron chi connectivity index (χ1n) is 4.54. The summed E-state index contributed by atoms with van der Waals surface area (Å²) in [6.07, 6.45) is 3.58. The summed E-state index contributed by atoms with van der Waals surface area (Å²) in [5, 5.41) is 18.9. The lowest BCUT2D eigenvalue weighted by Gasteiger charge is -2.01. The predicted octanol–water partition coefficient (Wildman–Crippen LogP) is 3.03. The van der Waals surface area contributed by atoms with Crippen molar-refractivity contribution in [2.45, 2.75) is 5.75 Å². The van der Waals surface area contributed by atoms with Crippen molar-refractivity contribution in [1.29, 1.82) is 5.26 Å². The zero-order valence-electron chi connectivity index (χ0n) is 8.99. The highest BCUT2D eigenvalue weighted by Gasteiger charge is 2.05. The maximum absolute atomic E-state index is 10.5. The smallest absolute Gasteiger partial charge is 0.258 e. The van der Waals surface area contributed by atoms with Crippen LogP contribution in [-0.2, 0) is 5.75 Å². The molecule has 0 bridgehead atoms. The summed E-state index contributed by atoms with van der Waals surface area (Å²) in [5.74, 6) is 0.638. The quantitative estimate of drug-likeness (QED) is 0.276. The van der Waals surface area contributed by atoms with Gasteiger partial charge in [-0.2, -0.15) is 10.3 Å². The number of non-ortho nitro benzene ring substituents is 1. The number of nitro groups is 1. The molecule has 0 saturated heterocycles. The maximum Gasteiger partial charge on any atom is 0.269 e. The monoisotopic (exact) mass is 267 g/mol. The topological polar surface area (TPSA) is 79.3 Å². The Kier molecular flexibility index (Phi) is 5.52. The fourth-order valence-electron chi connectivity index (χ4n) is 1.04. The molecule has 1 rings (SSSR count). The number of aliphatic imine (C=N–C) groups is 1. The summed E-state index contributed by atoms with van der Waals surface area (Å²) in [5.41, 5.74) is 1.04. The molecule has 0 unspecified atom stereocenters. The summed E-state index contributed by atoms with van der Waals surface area (Å²) in [4.78, 5) is 13.7. The van der Waals surface area contributed by atoms with Crippen molar-refractivity contribution in [2.75, 3.05) is 6.26 Å². The Labute approximate surface area is 107 Å². The van der Waals surface area contributed by atoms with Crippen LogP contribution < -0.4 is 0 Å². The molecule has 0 N–H and O–H groups in total. The van der Waals surface area contributed by atoms with Gasteiger partial charge in [0.2, 0.25) is 6.19 Å². The van der Waals surface area contributed by atoms with Crippen molar-refractivity contribution in [3.63, 3.8) is 0 Å². The molecule has 0 amide bonds. The van der Waals surface area contributed by atoms with Crippen LogP contribution in [0.25, 0.3) is 0 Å². The molecule has 0 atom stereocenters. The van der Waals surface area contributed by atoms with Gasteiger partial charge in [-0.15, -0.1) is 11.8 Å². The number of nitrogens with zero attached hydrogens (tertiary/aromatic N) is 3. The molecule has 17 heavy (non-hydrogen) atoms. The number of rotatable bonds is 3. The van der Waals surface area contributed by atoms with Crippen LogP contribution in [0.3, 0.4) is 0 Å². The summed E-state index contributed by atoms with van der Waals surface area (Å²) in [6, 6.07) is 6.34. The minimum absolute atomic E-state index is 0.0783. The molecule has 0 aliphatic carbocycles. The largest absolute Gasteiger partial charge is 0.269 e. The second-order valence-corrected chi connectivity index (χ2v) is 4.91. The van der Waals surface area contributed by atoms with Crippen LogP contribution in [0.2, 0.25) is 0 Å². The second kappa shape index (κ2) is 6.93. The van der Waals surface area contributed by atoms with Crippen molar-refractivity contribution >= 4 is 33.6 Å². The molecule has 0 aliphatic rings. The van der Waals surface area contributed by atoms with Crippen LogP contribution in [0.5, 0.6) is 0 Å². The molecular formula is C10H9N3O2S2. The lowest BCUT2D eigenvalue weighted by atomic mass is 10.2. The Balaban J connectivity index is 2.61. The maximum atomic E-state index is 10.5. The van der Waals surface area contributed by atoms with Crippen LogP contribution in [0.15, 0.2) is 29.3 Å². The number of benzene rings is 1. The summed E-state index contributed by atoms with van der Waals surface area (Å²) >= 11 is 2.84. The van der Waals surface area contributed by atoms with Crippen LogP contribution in [0.4, 0.5) is 5.69 Å². The Morgan fingerprint density at radius 2 is 2.18 bits per heavy atom. The highest BCUT2D eigenvalue weighted by atomic mass is 32.2. The van der Waals surface area contributed by atoms with Gasteiger partial charge in [0, 0.05) is 17.9 Å². The third kappa shape index (κ3) is 4.46. The first-order valence-corrected chi connectivity index (χ1v) is 6.75. The summed E-state index contributed by atoms with van der Waals surface area (Å²) in [7, 11) is 0. The van der Waals surface area contributed by atoms with Crippen molar-refractivity contribution < 1.29 is 4.92 Å². The molecule has 88 valence electrons. The van der Waals surface area contributed by atoms with E-state index < -0.39 is 4.92 Å². The Hall–Kier alpha value is -1.52. The third-order valence-corrected chi connectivity index (χ3v) is 3.94.